The van der Waals surface area contributed by atoms with Gasteiger partial charge in [0.2, 0.25) is 0 Å². The molecule has 0 aromatic carbocycles. The Hall–Kier alpha value is -0.300. The molecule has 0 spiro atoms. The fraction of sp³-hybridized carbons (Fsp3) is 0.882. The molecule has 0 aliphatic heterocycles. The van der Waals surface area contributed by atoms with Crippen LogP contribution in [0.5, 0.6) is 0 Å². The molecule has 1 aliphatic carbocycles. The third-order valence-electron chi connectivity index (χ3n) is 4.05. The highest BCUT2D eigenvalue weighted by Crippen LogP contribution is 2.30. The molecule has 0 saturated heterocycles. The Morgan fingerprint density at radius 2 is 1.94 bits per heavy atom. The van der Waals surface area contributed by atoms with E-state index in [0.29, 0.717) is 5.92 Å². The lowest BCUT2D eigenvalue weighted by molar-refractivity contribution is 0.323. The third-order valence-corrected chi connectivity index (χ3v) is 4.05. The fourth-order valence-electron chi connectivity index (χ4n) is 2.90. The third kappa shape index (κ3) is 6.04. The quantitative estimate of drug-likeness (QED) is 0.678. The Kier molecular flexibility index (Phi) is 6.99. The lowest BCUT2D eigenvalue weighted by Gasteiger charge is -2.26. The molecule has 1 aliphatic rings. The van der Waals surface area contributed by atoms with E-state index >= 15 is 0 Å². The zero-order valence-corrected chi connectivity index (χ0v) is 13.1. The summed E-state index contributed by atoms with van der Waals surface area (Å²) in [4.78, 5) is 0. The molecule has 0 bridgehead atoms. The van der Waals surface area contributed by atoms with E-state index < -0.39 is 0 Å². The van der Waals surface area contributed by atoms with Crippen LogP contribution in [0.1, 0.15) is 60.3 Å². The fourth-order valence-corrected chi connectivity index (χ4v) is 2.90. The van der Waals surface area contributed by atoms with Gasteiger partial charge >= 0.3 is 0 Å². The Morgan fingerprint density at radius 3 is 2.50 bits per heavy atom. The SMILES string of the molecule is CC(C)CNC/C(=C\C1CCCC(C)C1)C(C)C. The molecule has 18 heavy (non-hydrogen) atoms. The number of nitrogens with one attached hydrogen (secondary N) is 1. The summed E-state index contributed by atoms with van der Waals surface area (Å²) in [6, 6.07) is 0. The highest BCUT2D eigenvalue weighted by Gasteiger charge is 2.18. The van der Waals surface area contributed by atoms with Crippen LogP contribution >= 0.6 is 0 Å². The lowest BCUT2D eigenvalue weighted by Crippen LogP contribution is -2.24. The van der Waals surface area contributed by atoms with Gasteiger partial charge in [-0.2, -0.15) is 0 Å². The number of hydrogen-bond donors (Lipinski definition) is 1. The summed E-state index contributed by atoms with van der Waals surface area (Å²) < 4.78 is 0. The average Bonchev–Trinajstić information content (AvgIpc) is 2.27. The second-order valence-corrected chi connectivity index (χ2v) is 6.95. The summed E-state index contributed by atoms with van der Waals surface area (Å²) >= 11 is 0. The van der Waals surface area contributed by atoms with Crippen molar-refractivity contribution >= 4 is 0 Å². The van der Waals surface area contributed by atoms with Crippen molar-refractivity contribution in [1.29, 1.82) is 0 Å². The van der Waals surface area contributed by atoms with E-state index in [2.05, 4.69) is 46.0 Å². The molecule has 0 aromatic rings. The molecule has 1 fully saturated rings. The maximum absolute atomic E-state index is 3.60. The molecule has 0 amide bonds. The van der Waals surface area contributed by atoms with Gasteiger partial charge in [-0.15, -0.1) is 0 Å². The van der Waals surface area contributed by atoms with Crippen LogP contribution in [0.4, 0.5) is 0 Å². The van der Waals surface area contributed by atoms with Gasteiger partial charge in [-0.1, -0.05) is 59.1 Å². The van der Waals surface area contributed by atoms with Gasteiger partial charge in [0.25, 0.3) is 0 Å². The van der Waals surface area contributed by atoms with Crippen LogP contribution in [-0.4, -0.2) is 13.1 Å². The minimum Gasteiger partial charge on any atom is -0.313 e. The first-order valence-electron chi connectivity index (χ1n) is 7.90. The van der Waals surface area contributed by atoms with Crippen LogP contribution in [0.2, 0.25) is 0 Å². The molecule has 1 nitrogen and oxygen atoms in total. The Morgan fingerprint density at radius 1 is 1.22 bits per heavy atom. The second-order valence-electron chi connectivity index (χ2n) is 6.95. The number of hydrogen-bond acceptors (Lipinski definition) is 1. The van der Waals surface area contributed by atoms with Crippen molar-refractivity contribution in [3.8, 4) is 0 Å². The van der Waals surface area contributed by atoms with Crippen molar-refractivity contribution in [3.05, 3.63) is 11.6 Å². The Bertz CT molecular complexity index is 252. The van der Waals surface area contributed by atoms with Crippen LogP contribution in [0, 0.1) is 23.7 Å². The Labute approximate surface area is 114 Å². The highest BCUT2D eigenvalue weighted by molar-refractivity contribution is 5.09. The lowest BCUT2D eigenvalue weighted by atomic mass is 9.81. The monoisotopic (exact) mass is 251 g/mol. The van der Waals surface area contributed by atoms with E-state index in [1.54, 1.807) is 5.57 Å². The van der Waals surface area contributed by atoms with Crippen molar-refractivity contribution in [3.63, 3.8) is 0 Å². The smallest absolute Gasteiger partial charge is 0.0167 e. The van der Waals surface area contributed by atoms with Gasteiger partial charge in [0.05, 0.1) is 0 Å². The van der Waals surface area contributed by atoms with Crippen LogP contribution in [0.15, 0.2) is 11.6 Å². The van der Waals surface area contributed by atoms with E-state index in [1.165, 1.54) is 25.7 Å². The normalized spacial score (nSPS) is 26.1. The van der Waals surface area contributed by atoms with Crippen molar-refractivity contribution in [2.75, 3.05) is 13.1 Å². The first kappa shape index (κ1) is 15.8. The minimum absolute atomic E-state index is 0.682. The largest absolute Gasteiger partial charge is 0.313 e. The summed E-state index contributed by atoms with van der Waals surface area (Å²) in [5.74, 6) is 3.19. The topological polar surface area (TPSA) is 12.0 Å². The molecule has 0 heterocycles. The van der Waals surface area contributed by atoms with Crippen LogP contribution in [0.3, 0.4) is 0 Å². The molecule has 2 unspecified atom stereocenters. The van der Waals surface area contributed by atoms with E-state index in [9.17, 15) is 0 Å². The molecule has 1 heteroatoms. The molecule has 1 saturated carbocycles. The Balaban J connectivity index is 2.48. The van der Waals surface area contributed by atoms with Gasteiger partial charge in [-0.25, -0.2) is 0 Å². The number of rotatable bonds is 6. The molecule has 2 atom stereocenters. The first-order valence-corrected chi connectivity index (χ1v) is 7.90. The molecule has 1 rings (SSSR count). The zero-order chi connectivity index (χ0) is 13.5. The van der Waals surface area contributed by atoms with Crippen molar-refractivity contribution in [2.45, 2.75) is 60.3 Å². The van der Waals surface area contributed by atoms with Gasteiger partial charge in [-0.3, -0.25) is 0 Å². The predicted molar refractivity (Wildman–Crippen MR) is 81.8 cm³/mol. The van der Waals surface area contributed by atoms with Gasteiger partial charge in [-0.05, 0) is 43.1 Å². The minimum atomic E-state index is 0.682. The van der Waals surface area contributed by atoms with Gasteiger partial charge in [0, 0.05) is 6.54 Å². The predicted octanol–water partition coefficient (Wildman–Crippen LogP) is 4.64. The van der Waals surface area contributed by atoms with Crippen LogP contribution < -0.4 is 5.32 Å². The summed E-state index contributed by atoms with van der Waals surface area (Å²) in [7, 11) is 0. The van der Waals surface area contributed by atoms with E-state index in [0.717, 1.165) is 30.8 Å². The maximum atomic E-state index is 3.60. The van der Waals surface area contributed by atoms with E-state index in [4.69, 9.17) is 0 Å². The summed E-state index contributed by atoms with van der Waals surface area (Å²) in [5.41, 5.74) is 1.62. The summed E-state index contributed by atoms with van der Waals surface area (Å²) in [5, 5.41) is 3.60. The molecule has 0 aromatic heterocycles. The second kappa shape index (κ2) is 7.99. The van der Waals surface area contributed by atoms with Crippen molar-refractivity contribution in [1.82, 2.24) is 5.32 Å². The van der Waals surface area contributed by atoms with Gasteiger partial charge in [0.15, 0.2) is 0 Å². The molecule has 1 N–H and O–H groups in total. The average molecular weight is 251 g/mol. The first-order chi connectivity index (χ1) is 8.49. The summed E-state index contributed by atoms with van der Waals surface area (Å²) in [6.45, 7) is 13.8. The van der Waals surface area contributed by atoms with Crippen molar-refractivity contribution in [2.24, 2.45) is 23.7 Å². The van der Waals surface area contributed by atoms with Crippen LogP contribution in [-0.2, 0) is 0 Å². The highest BCUT2D eigenvalue weighted by atomic mass is 14.9. The van der Waals surface area contributed by atoms with Crippen LogP contribution in [0.25, 0.3) is 0 Å². The van der Waals surface area contributed by atoms with Crippen molar-refractivity contribution < 1.29 is 0 Å². The zero-order valence-electron chi connectivity index (χ0n) is 13.1. The summed E-state index contributed by atoms with van der Waals surface area (Å²) in [6.07, 6.45) is 8.26. The molecular weight excluding hydrogens is 218 g/mol. The molecule has 0 radical (unpaired) electrons. The van der Waals surface area contributed by atoms with E-state index in [-0.39, 0.29) is 0 Å². The van der Waals surface area contributed by atoms with Gasteiger partial charge in [0.1, 0.15) is 0 Å². The molecule has 106 valence electrons. The molecular formula is C17H33N. The maximum Gasteiger partial charge on any atom is 0.0167 e. The number of allylic oxidation sites excluding steroid dienone is 1. The standard InChI is InChI=1S/C17H33N/c1-13(2)11-18-12-17(14(3)4)10-16-8-6-7-15(5)9-16/h10,13-16,18H,6-9,11-12H2,1-5H3/b17-10+. The van der Waals surface area contributed by atoms with Gasteiger partial charge < -0.3 is 5.32 Å². The van der Waals surface area contributed by atoms with E-state index in [1.807, 2.05) is 0 Å².